The number of carbonyl (C=O) groups excluding carboxylic acids is 1. The summed E-state index contributed by atoms with van der Waals surface area (Å²) in [5.41, 5.74) is 1.99. The number of rotatable bonds is 1. The molecule has 2 aliphatic rings. The number of fused-ring (bicyclic) bond motifs is 2. The first kappa shape index (κ1) is 10.4. The average Bonchev–Trinajstić information content (AvgIpc) is 3.03. The van der Waals surface area contributed by atoms with Gasteiger partial charge in [0.1, 0.15) is 5.69 Å². The van der Waals surface area contributed by atoms with E-state index in [4.69, 9.17) is 14.2 Å². The van der Waals surface area contributed by atoms with Crippen molar-refractivity contribution in [1.82, 2.24) is 4.98 Å². The molecule has 4 rings (SSSR count). The van der Waals surface area contributed by atoms with E-state index in [1.54, 1.807) is 18.3 Å². The molecule has 0 saturated heterocycles. The summed E-state index contributed by atoms with van der Waals surface area (Å²) < 4.78 is 16.0. The molecule has 19 heavy (non-hydrogen) atoms. The molecule has 0 fully saturated rings. The van der Waals surface area contributed by atoms with Crippen molar-refractivity contribution >= 4 is 5.97 Å². The molecule has 0 aliphatic carbocycles. The first-order valence-electron chi connectivity index (χ1n) is 5.88. The van der Waals surface area contributed by atoms with Crippen molar-refractivity contribution < 1.29 is 19.0 Å². The van der Waals surface area contributed by atoms with E-state index in [1.165, 1.54) is 0 Å². The molecule has 1 aromatic heterocycles. The first-order chi connectivity index (χ1) is 9.33. The third kappa shape index (κ3) is 1.48. The molecule has 2 aliphatic heterocycles. The zero-order valence-electron chi connectivity index (χ0n) is 9.83. The fourth-order valence-electron chi connectivity index (χ4n) is 2.33. The number of carbonyl (C=O) groups is 1. The van der Waals surface area contributed by atoms with E-state index in [0.717, 1.165) is 5.56 Å². The Labute approximate surface area is 108 Å². The summed E-state index contributed by atoms with van der Waals surface area (Å²) >= 11 is 0. The molecule has 94 valence electrons. The van der Waals surface area contributed by atoms with Crippen LogP contribution < -0.4 is 9.47 Å². The number of hydrogen-bond donors (Lipinski definition) is 0. The van der Waals surface area contributed by atoms with E-state index in [2.05, 4.69) is 4.98 Å². The quantitative estimate of drug-likeness (QED) is 0.730. The number of pyridine rings is 1. The van der Waals surface area contributed by atoms with E-state index >= 15 is 0 Å². The predicted octanol–water partition coefficient (Wildman–Crippen LogP) is 2.07. The molecule has 3 heterocycles. The molecule has 0 radical (unpaired) electrons. The summed E-state index contributed by atoms with van der Waals surface area (Å²) in [6, 6.07) is 8.94. The van der Waals surface area contributed by atoms with Crippen molar-refractivity contribution in [2.24, 2.45) is 0 Å². The molecule has 0 spiro atoms. The number of esters is 1. The van der Waals surface area contributed by atoms with E-state index in [9.17, 15) is 4.79 Å². The molecule has 0 unspecified atom stereocenters. The van der Waals surface area contributed by atoms with Crippen LogP contribution in [-0.2, 0) is 4.74 Å². The van der Waals surface area contributed by atoms with Crippen LogP contribution in [0.15, 0.2) is 36.5 Å². The minimum Gasteiger partial charge on any atom is -0.454 e. The number of hydrogen-bond acceptors (Lipinski definition) is 5. The Morgan fingerprint density at radius 3 is 3.00 bits per heavy atom. The maximum Gasteiger partial charge on any atom is 0.341 e. The normalized spacial score (nSPS) is 19.2. The Morgan fingerprint density at radius 1 is 1.16 bits per heavy atom. The Kier molecular flexibility index (Phi) is 2.03. The van der Waals surface area contributed by atoms with Gasteiger partial charge in [-0.1, -0.05) is 6.07 Å². The molecule has 1 aromatic carbocycles. The Balaban J connectivity index is 1.80. The van der Waals surface area contributed by atoms with E-state index in [1.807, 2.05) is 18.2 Å². The molecular formula is C14H9NO4. The van der Waals surface area contributed by atoms with Gasteiger partial charge in [0.2, 0.25) is 6.79 Å². The summed E-state index contributed by atoms with van der Waals surface area (Å²) in [5, 5.41) is 0. The molecule has 1 atom stereocenters. The second-order valence-electron chi connectivity index (χ2n) is 4.33. The summed E-state index contributed by atoms with van der Waals surface area (Å²) in [6.45, 7) is 0.220. The van der Waals surface area contributed by atoms with Crippen molar-refractivity contribution in [1.29, 1.82) is 0 Å². The highest BCUT2D eigenvalue weighted by Gasteiger charge is 2.34. The summed E-state index contributed by atoms with van der Waals surface area (Å²) in [5.74, 6) is 1.03. The maximum absolute atomic E-state index is 11.8. The lowest BCUT2D eigenvalue weighted by atomic mass is 10.0. The van der Waals surface area contributed by atoms with Gasteiger partial charge in [-0.15, -0.1) is 0 Å². The summed E-state index contributed by atoms with van der Waals surface area (Å²) in [6.07, 6.45) is 1.18. The number of benzene rings is 1. The van der Waals surface area contributed by atoms with Crippen LogP contribution in [-0.4, -0.2) is 17.7 Å². The Morgan fingerprint density at radius 2 is 2.05 bits per heavy atom. The topological polar surface area (TPSA) is 57.7 Å². The van der Waals surface area contributed by atoms with E-state index < -0.39 is 6.10 Å². The van der Waals surface area contributed by atoms with Crippen molar-refractivity contribution in [3.05, 3.63) is 53.3 Å². The fraction of sp³-hybridized carbons (Fsp3) is 0.143. The van der Waals surface area contributed by atoms with Crippen LogP contribution in [0.1, 0.15) is 27.7 Å². The highest BCUT2D eigenvalue weighted by molar-refractivity contribution is 5.93. The average molecular weight is 255 g/mol. The molecule has 2 aromatic rings. The van der Waals surface area contributed by atoms with Crippen molar-refractivity contribution in [3.63, 3.8) is 0 Å². The van der Waals surface area contributed by atoms with Gasteiger partial charge in [-0.2, -0.15) is 0 Å². The third-order valence-corrected chi connectivity index (χ3v) is 3.23. The van der Waals surface area contributed by atoms with Gasteiger partial charge in [0.05, 0.1) is 5.56 Å². The molecule has 0 saturated carbocycles. The third-order valence-electron chi connectivity index (χ3n) is 3.23. The fourth-order valence-corrected chi connectivity index (χ4v) is 2.33. The van der Waals surface area contributed by atoms with Crippen molar-refractivity contribution in [2.75, 3.05) is 6.79 Å². The lowest BCUT2D eigenvalue weighted by Gasteiger charge is -2.10. The monoisotopic (exact) mass is 255 g/mol. The highest BCUT2D eigenvalue weighted by Crippen LogP contribution is 2.39. The molecule has 0 bridgehead atoms. The SMILES string of the molecule is O=C1O[C@H](c2ccc3c(c2)OCO3)c2ncccc21. The number of aromatic nitrogens is 1. The van der Waals surface area contributed by atoms with Gasteiger partial charge in [-0.3, -0.25) is 4.98 Å². The van der Waals surface area contributed by atoms with Crippen LogP contribution in [0, 0.1) is 0 Å². The Bertz CT molecular complexity index is 683. The zero-order chi connectivity index (χ0) is 12.8. The van der Waals surface area contributed by atoms with Gasteiger partial charge in [-0.05, 0) is 24.3 Å². The van der Waals surface area contributed by atoms with Crippen LogP contribution in [0.3, 0.4) is 0 Å². The van der Waals surface area contributed by atoms with Crippen LogP contribution in [0.25, 0.3) is 0 Å². The summed E-state index contributed by atoms with van der Waals surface area (Å²) in [7, 11) is 0. The minimum absolute atomic E-state index is 0.220. The van der Waals surface area contributed by atoms with Gasteiger partial charge >= 0.3 is 5.97 Å². The standard InChI is InChI=1S/C14H9NO4/c16-14-9-2-1-5-15-12(9)13(19-14)8-3-4-10-11(6-8)18-7-17-10/h1-6,13H,7H2/t13-/m1/s1. The van der Waals surface area contributed by atoms with Crippen molar-refractivity contribution in [2.45, 2.75) is 6.10 Å². The lowest BCUT2D eigenvalue weighted by Crippen LogP contribution is -2.01. The van der Waals surface area contributed by atoms with Gasteiger partial charge in [0, 0.05) is 11.8 Å². The van der Waals surface area contributed by atoms with Crippen LogP contribution in [0.4, 0.5) is 0 Å². The highest BCUT2D eigenvalue weighted by atomic mass is 16.7. The lowest BCUT2D eigenvalue weighted by molar-refractivity contribution is 0.0452. The van der Waals surface area contributed by atoms with Crippen molar-refractivity contribution in [3.8, 4) is 11.5 Å². The number of cyclic esters (lactones) is 1. The largest absolute Gasteiger partial charge is 0.454 e. The molecular weight excluding hydrogens is 246 g/mol. The maximum atomic E-state index is 11.8. The van der Waals surface area contributed by atoms with Gasteiger partial charge in [0.25, 0.3) is 0 Å². The van der Waals surface area contributed by atoms with Gasteiger partial charge in [0.15, 0.2) is 17.6 Å². The predicted molar refractivity (Wildman–Crippen MR) is 64.1 cm³/mol. The molecule has 0 N–H and O–H groups in total. The summed E-state index contributed by atoms with van der Waals surface area (Å²) in [4.78, 5) is 16.0. The Hall–Kier alpha value is -2.56. The van der Waals surface area contributed by atoms with E-state index in [0.29, 0.717) is 22.8 Å². The molecule has 5 nitrogen and oxygen atoms in total. The smallest absolute Gasteiger partial charge is 0.341 e. The van der Waals surface area contributed by atoms with Gasteiger partial charge < -0.3 is 14.2 Å². The number of nitrogens with zero attached hydrogens (tertiary/aromatic N) is 1. The molecule has 5 heteroatoms. The van der Waals surface area contributed by atoms with Crippen LogP contribution in [0.2, 0.25) is 0 Å². The zero-order valence-corrected chi connectivity index (χ0v) is 9.83. The van der Waals surface area contributed by atoms with Crippen LogP contribution in [0.5, 0.6) is 11.5 Å². The van der Waals surface area contributed by atoms with Gasteiger partial charge in [-0.25, -0.2) is 4.79 Å². The number of ether oxygens (including phenoxy) is 3. The molecule has 0 amide bonds. The van der Waals surface area contributed by atoms with Crippen LogP contribution >= 0.6 is 0 Å². The first-order valence-corrected chi connectivity index (χ1v) is 5.88. The second-order valence-corrected chi connectivity index (χ2v) is 4.33. The van der Waals surface area contributed by atoms with E-state index in [-0.39, 0.29) is 12.8 Å². The minimum atomic E-state index is -0.474. The second kappa shape index (κ2) is 3.71.